The van der Waals surface area contributed by atoms with Crippen LogP contribution in [0, 0.1) is 6.92 Å². The molecule has 0 aromatic carbocycles. The molecule has 0 bridgehead atoms. The Balaban J connectivity index is 1.87. The first-order valence-electron chi connectivity index (χ1n) is 4.86. The Morgan fingerprint density at radius 3 is 2.86 bits per heavy atom. The van der Waals surface area contributed by atoms with E-state index in [-0.39, 0.29) is 0 Å². The lowest BCUT2D eigenvalue weighted by molar-refractivity contribution is 0.0328. The van der Waals surface area contributed by atoms with Crippen LogP contribution in [-0.2, 0) is 4.74 Å². The first-order valence-corrected chi connectivity index (χ1v) is 4.86. The summed E-state index contributed by atoms with van der Waals surface area (Å²) in [6.07, 6.45) is 4.15. The highest BCUT2D eigenvalue weighted by Gasteiger charge is 2.28. The molecule has 1 N–H and O–H groups in total. The zero-order chi connectivity index (χ0) is 9.97. The van der Waals surface area contributed by atoms with Crippen molar-refractivity contribution in [3.8, 4) is 0 Å². The molecule has 0 amide bonds. The summed E-state index contributed by atoms with van der Waals surface area (Å²) in [6.45, 7) is 1.96. The Labute approximate surface area is 83.7 Å². The van der Waals surface area contributed by atoms with Gasteiger partial charge < -0.3 is 10.1 Å². The van der Waals surface area contributed by atoms with Gasteiger partial charge >= 0.3 is 0 Å². The molecule has 1 aromatic heterocycles. The minimum absolute atomic E-state index is 0.426. The van der Waals surface area contributed by atoms with Crippen molar-refractivity contribution in [2.24, 2.45) is 0 Å². The van der Waals surface area contributed by atoms with Crippen LogP contribution in [0.4, 0.5) is 5.82 Å². The Morgan fingerprint density at radius 1 is 1.43 bits per heavy atom. The number of rotatable bonds is 3. The topological polar surface area (TPSA) is 47.0 Å². The van der Waals surface area contributed by atoms with Gasteiger partial charge in [-0.1, -0.05) is 0 Å². The van der Waals surface area contributed by atoms with E-state index in [1.807, 2.05) is 13.0 Å². The van der Waals surface area contributed by atoms with Crippen LogP contribution in [0.2, 0.25) is 0 Å². The zero-order valence-corrected chi connectivity index (χ0v) is 8.53. The molecule has 1 aliphatic rings. The molecule has 0 atom stereocenters. The number of nitrogens with one attached hydrogen (secondary N) is 1. The van der Waals surface area contributed by atoms with Crippen molar-refractivity contribution >= 4 is 5.82 Å². The van der Waals surface area contributed by atoms with Gasteiger partial charge in [0.1, 0.15) is 12.1 Å². The van der Waals surface area contributed by atoms with E-state index in [4.69, 9.17) is 4.74 Å². The Bertz CT molecular complexity index is 310. The molecule has 1 heterocycles. The minimum Gasteiger partial charge on any atom is -0.381 e. The number of hydrogen-bond acceptors (Lipinski definition) is 4. The maximum atomic E-state index is 5.21. The first-order chi connectivity index (χ1) is 6.78. The highest BCUT2D eigenvalue weighted by atomic mass is 16.5. The number of methoxy groups -OCH3 is 1. The number of anilines is 1. The monoisotopic (exact) mass is 193 g/mol. The summed E-state index contributed by atoms with van der Waals surface area (Å²) >= 11 is 0. The van der Waals surface area contributed by atoms with Crippen molar-refractivity contribution in [3.05, 3.63) is 18.1 Å². The van der Waals surface area contributed by atoms with Gasteiger partial charge in [-0.15, -0.1) is 0 Å². The lowest BCUT2D eigenvalue weighted by atomic mass is 9.89. The van der Waals surface area contributed by atoms with Gasteiger partial charge in [0.2, 0.25) is 0 Å². The number of aromatic nitrogens is 2. The molecule has 2 rings (SSSR count). The minimum atomic E-state index is 0.426. The highest BCUT2D eigenvalue weighted by Crippen LogP contribution is 2.25. The maximum Gasteiger partial charge on any atom is 0.129 e. The fourth-order valence-corrected chi connectivity index (χ4v) is 1.62. The number of nitrogens with zero attached hydrogens (tertiary/aromatic N) is 2. The second kappa shape index (κ2) is 3.92. The average Bonchev–Trinajstić information content (AvgIpc) is 2.10. The molecule has 1 aliphatic carbocycles. The van der Waals surface area contributed by atoms with E-state index >= 15 is 0 Å². The molecule has 1 fully saturated rings. The van der Waals surface area contributed by atoms with E-state index in [1.54, 1.807) is 13.4 Å². The number of ether oxygens (including phenoxy) is 1. The van der Waals surface area contributed by atoms with E-state index in [1.165, 1.54) is 0 Å². The van der Waals surface area contributed by atoms with E-state index in [9.17, 15) is 0 Å². The Hall–Kier alpha value is -1.16. The summed E-state index contributed by atoms with van der Waals surface area (Å²) in [4.78, 5) is 8.20. The Kier molecular flexibility index (Phi) is 2.63. The fraction of sp³-hybridized carbons (Fsp3) is 0.600. The molecule has 4 nitrogen and oxygen atoms in total. The molecule has 0 spiro atoms. The van der Waals surface area contributed by atoms with Gasteiger partial charge in [0.15, 0.2) is 0 Å². The van der Waals surface area contributed by atoms with Crippen molar-refractivity contribution in [2.75, 3.05) is 12.4 Å². The predicted octanol–water partition coefficient (Wildman–Crippen LogP) is 1.37. The molecule has 0 saturated heterocycles. The van der Waals surface area contributed by atoms with Gasteiger partial charge in [0, 0.05) is 24.9 Å². The van der Waals surface area contributed by atoms with Gasteiger partial charge in [0.25, 0.3) is 0 Å². The van der Waals surface area contributed by atoms with E-state index in [0.29, 0.717) is 12.1 Å². The molecule has 1 aromatic rings. The first kappa shape index (κ1) is 9.40. The van der Waals surface area contributed by atoms with Crippen molar-refractivity contribution in [1.29, 1.82) is 0 Å². The van der Waals surface area contributed by atoms with Gasteiger partial charge in [-0.05, 0) is 19.8 Å². The molecule has 4 heteroatoms. The third-order valence-corrected chi connectivity index (χ3v) is 2.58. The van der Waals surface area contributed by atoms with E-state index in [0.717, 1.165) is 24.4 Å². The number of aryl methyl sites for hydroxylation is 1. The maximum absolute atomic E-state index is 5.21. The molecule has 0 radical (unpaired) electrons. The standard InChI is InChI=1S/C10H15N3O/c1-7-3-10(12-6-11-7)13-8-4-9(5-8)14-2/h3,6,8-9H,4-5H2,1-2H3,(H,11,12,13)/t8-,9+. The van der Waals surface area contributed by atoms with Crippen LogP contribution in [0.25, 0.3) is 0 Å². The van der Waals surface area contributed by atoms with Crippen LogP contribution in [-0.4, -0.2) is 29.2 Å². The molecule has 0 aliphatic heterocycles. The predicted molar refractivity (Wildman–Crippen MR) is 54.2 cm³/mol. The summed E-state index contributed by atoms with van der Waals surface area (Å²) in [7, 11) is 1.76. The second-order valence-corrected chi connectivity index (χ2v) is 3.72. The van der Waals surface area contributed by atoms with Gasteiger partial charge in [-0.2, -0.15) is 0 Å². The van der Waals surface area contributed by atoms with Crippen molar-refractivity contribution < 1.29 is 4.74 Å². The quantitative estimate of drug-likeness (QED) is 0.787. The molecular formula is C10H15N3O. The van der Waals surface area contributed by atoms with Crippen LogP contribution >= 0.6 is 0 Å². The summed E-state index contributed by atoms with van der Waals surface area (Å²) in [5.74, 6) is 0.914. The van der Waals surface area contributed by atoms with E-state index < -0.39 is 0 Å². The normalized spacial score (nSPS) is 25.6. The molecular weight excluding hydrogens is 178 g/mol. The van der Waals surface area contributed by atoms with Crippen LogP contribution in [0.15, 0.2) is 12.4 Å². The second-order valence-electron chi connectivity index (χ2n) is 3.72. The van der Waals surface area contributed by atoms with Crippen molar-refractivity contribution in [1.82, 2.24) is 9.97 Å². The number of hydrogen-bond donors (Lipinski definition) is 1. The molecule has 14 heavy (non-hydrogen) atoms. The zero-order valence-electron chi connectivity index (χ0n) is 8.53. The van der Waals surface area contributed by atoms with Gasteiger partial charge in [-0.25, -0.2) is 9.97 Å². The largest absolute Gasteiger partial charge is 0.381 e. The third kappa shape index (κ3) is 2.01. The Morgan fingerprint density at radius 2 is 2.21 bits per heavy atom. The lowest BCUT2D eigenvalue weighted by Gasteiger charge is -2.34. The third-order valence-electron chi connectivity index (χ3n) is 2.58. The summed E-state index contributed by atoms with van der Waals surface area (Å²) in [5.41, 5.74) is 0.991. The van der Waals surface area contributed by atoms with Gasteiger partial charge in [0.05, 0.1) is 6.10 Å². The smallest absolute Gasteiger partial charge is 0.129 e. The van der Waals surface area contributed by atoms with Crippen LogP contribution in [0.1, 0.15) is 18.5 Å². The molecule has 0 unspecified atom stereocenters. The van der Waals surface area contributed by atoms with Crippen molar-refractivity contribution in [2.45, 2.75) is 31.9 Å². The SMILES string of the molecule is CO[C@H]1C[C@@H](Nc2cc(C)ncn2)C1. The van der Waals surface area contributed by atoms with E-state index in [2.05, 4.69) is 15.3 Å². The molecule has 1 saturated carbocycles. The van der Waals surface area contributed by atoms with Gasteiger partial charge in [-0.3, -0.25) is 0 Å². The molecule has 76 valence electrons. The highest BCUT2D eigenvalue weighted by molar-refractivity contribution is 5.36. The summed E-state index contributed by atoms with van der Waals surface area (Å²) < 4.78 is 5.21. The van der Waals surface area contributed by atoms with Crippen LogP contribution in [0.5, 0.6) is 0 Å². The van der Waals surface area contributed by atoms with Crippen LogP contribution in [0.3, 0.4) is 0 Å². The van der Waals surface area contributed by atoms with Crippen LogP contribution < -0.4 is 5.32 Å². The van der Waals surface area contributed by atoms with Crippen molar-refractivity contribution in [3.63, 3.8) is 0 Å². The lowest BCUT2D eigenvalue weighted by Crippen LogP contribution is -2.40. The summed E-state index contributed by atoms with van der Waals surface area (Å²) in [6, 6.07) is 2.47. The summed E-state index contributed by atoms with van der Waals surface area (Å²) in [5, 5.41) is 3.35. The average molecular weight is 193 g/mol. The fourth-order valence-electron chi connectivity index (χ4n) is 1.62.